The van der Waals surface area contributed by atoms with Gasteiger partial charge in [0.2, 0.25) is 5.91 Å². The van der Waals surface area contributed by atoms with Crippen LogP contribution in [0.15, 0.2) is 12.2 Å². The fourth-order valence-corrected chi connectivity index (χ4v) is 7.88. The molecule has 0 rings (SSSR count). The van der Waals surface area contributed by atoms with Crippen LogP contribution in [0.2, 0.25) is 0 Å². The molecule has 0 saturated heterocycles. The second-order valence-electron chi connectivity index (χ2n) is 16.2. The molecule has 0 fully saturated rings. The van der Waals surface area contributed by atoms with E-state index in [4.69, 9.17) is 14.8 Å². The summed E-state index contributed by atoms with van der Waals surface area (Å²) in [6.07, 6.45) is 42.6. The van der Waals surface area contributed by atoms with E-state index in [2.05, 4.69) is 31.3 Å². The molecule has 55 heavy (non-hydrogen) atoms. The van der Waals surface area contributed by atoms with Gasteiger partial charge in [-0.2, -0.15) is 0 Å². The predicted molar refractivity (Wildman–Crippen MR) is 232 cm³/mol. The largest absolute Gasteiger partial charge is 0.472 e. The third-order valence-corrected chi connectivity index (χ3v) is 11.7. The zero-order valence-electron chi connectivity index (χ0n) is 36.0. The monoisotopic (exact) mass is 803 g/mol. The lowest BCUT2D eigenvalue weighted by Crippen LogP contribution is -2.47. The second-order valence-corrected chi connectivity index (χ2v) is 17.6. The summed E-state index contributed by atoms with van der Waals surface area (Å²) in [6, 6.07) is -0.895. The van der Waals surface area contributed by atoms with Crippen molar-refractivity contribution >= 4 is 13.7 Å². The van der Waals surface area contributed by atoms with Crippen LogP contribution in [0.5, 0.6) is 0 Å². The van der Waals surface area contributed by atoms with Crippen LogP contribution in [0.25, 0.3) is 0 Å². The van der Waals surface area contributed by atoms with Gasteiger partial charge in [-0.15, -0.1) is 0 Å². The SMILES string of the molecule is CCCCCCCCCCCCCC/C=C\CCCCCCCC(O)CC(=O)NC(COP(=O)(O)OCCN)C(O)CCCCCCCCCCCCCC. The summed E-state index contributed by atoms with van der Waals surface area (Å²) < 4.78 is 22.1. The van der Waals surface area contributed by atoms with Crippen LogP contribution < -0.4 is 11.1 Å². The van der Waals surface area contributed by atoms with Gasteiger partial charge in [0.05, 0.1) is 37.9 Å². The molecule has 0 saturated carbocycles. The smallest absolute Gasteiger partial charge is 0.393 e. The Kier molecular flexibility index (Phi) is 40.8. The lowest BCUT2D eigenvalue weighted by Gasteiger charge is -2.25. The molecule has 10 heteroatoms. The van der Waals surface area contributed by atoms with E-state index >= 15 is 0 Å². The molecule has 0 aliphatic heterocycles. The summed E-state index contributed by atoms with van der Waals surface area (Å²) in [5, 5.41) is 24.2. The van der Waals surface area contributed by atoms with Gasteiger partial charge in [0.1, 0.15) is 0 Å². The number of nitrogens with two attached hydrogens (primary N) is 1. The van der Waals surface area contributed by atoms with Gasteiger partial charge in [-0.25, -0.2) is 4.57 Å². The number of aliphatic hydroxyl groups is 2. The maximum Gasteiger partial charge on any atom is 0.472 e. The summed E-state index contributed by atoms with van der Waals surface area (Å²) in [7, 11) is -4.37. The zero-order chi connectivity index (χ0) is 40.5. The molecule has 0 radical (unpaired) electrons. The lowest BCUT2D eigenvalue weighted by molar-refractivity contribution is -0.125. The topological polar surface area (TPSA) is 151 Å². The first kappa shape index (κ1) is 54.2. The number of amides is 1. The van der Waals surface area contributed by atoms with Crippen molar-refractivity contribution in [3.63, 3.8) is 0 Å². The van der Waals surface area contributed by atoms with Gasteiger partial charge in [0.25, 0.3) is 0 Å². The Hall–Kier alpha value is -0.800. The molecule has 0 spiro atoms. The summed E-state index contributed by atoms with van der Waals surface area (Å²) in [5.41, 5.74) is 5.37. The van der Waals surface area contributed by atoms with Crippen LogP contribution in [0, 0.1) is 0 Å². The summed E-state index contributed by atoms with van der Waals surface area (Å²) in [5.74, 6) is -0.416. The normalized spacial score (nSPS) is 14.7. The number of hydrogen-bond acceptors (Lipinski definition) is 7. The molecule has 0 bridgehead atoms. The van der Waals surface area contributed by atoms with Crippen molar-refractivity contribution in [2.24, 2.45) is 5.73 Å². The fourth-order valence-electron chi connectivity index (χ4n) is 7.12. The molecule has 0 aliphatic carbocycles. The molecule has 6 N–H and O–H groups in total. The zero-order valence-corrected chi connectivity index (χ0v) is 36.9. The van der Waals surface area contributed by atoms with Crippen molar-refractivity contribution in [1.29, 1.82) is 0 Å². The molecule has 0 aliphatic rings. The van der Waals surface area contributed by atoms with Crippen LogP contribution in [-0.2, 0) is 18.4 Å². The van der Waals surface area contributed by atoms with Crippen LogP contribution in [0.4, 0.5) is 0 Å². The molecule has 1 amide bonds. The van der Waals surface area contributed by atoms with Gasteiger partial charge < -0.3 is 26.2 Å². The third-order valence-electron chi connectivity index (χ3n) is 10.7. The Bertz CT molecular complexity index is 893. The van der Waals surface area contributed by atoms with E-state index in [1.54, 1.807) is 0 Å². The van der Waals surface area contributed by atoms with Crippen molar-refractivity contribution in [3.05, 3.63) is 12.2 Å². The number of carbonyl (C=O) groups excluding carboxylic acids is 1. The highest BCUT2D eigenvalue weighted by atomic mass is 31.2. The second kappa shape index (κ2) is 41.4. The van der Waals surface area contributed by atoms with E-state index in [1.807, 2.05) is 0 Å². The Labute approximate surface area is 339 Å². The highest BCUT2D eigenvalue weighted by Crippen LogP contribution is 2.43. The molecule has 0 aromatic rings. The van der Waals surface area contributed by atoms with Crippen LogP contribution in [0.1, 0.15) is 232 Å². The van der Waals surface area contributed by atoms with E-state index in [1.165, 1.54) is 154 Å². The predicted octanol–water partition coefficient (Wildman–Crippen LogP) is 12.1. The number of phosphoric acid groups is 1. The van der Waals surface area contributed by atoms with Gasteiger partial charge in [-0.3, -0.25) is 13.8 Å². The number of allylic oxidation sites excluding steroid dienone is 2. The van der Waals surface area contributed by atoms with Gasteiger partial charge in [0.15, 0.2) is 0 Å². The highest BCUT2D eigenvalue weighted by Gasteiger charge is 2.28. The summed E-state index contributed by atoms with van der Waals surface area (Å²) >= 11 is 0. The van der Waals surface area contributed by atoms with Gasteiger partial charge in [-0.1, -0.05) is 199 Å². The number of nitrogens with one attached hydrogen (secondary N) is 1. The van der Waals surface area contributed by atoms with E-state index in [0.29, 0.717) is 12.8 Å². The molecular weight excluding hydrogens is 711 g/mol. The van der Waals surface area contributed by atoms with Crippen molar-refractivity contribution in [2.75, 3.05) is 19.8 Å². The van der Waals surface area contributed by atoms with E-state index in [-0.39, 0.29) is 26.2 Å². The van der Waals surface area contributed by atoms with Crippen LogP contribution in [-0.4, -0.2) is 59.0 Å². The lowest BCUT2D eigenvalue weighted by atomic mass is 10.0. The standard InChI is InChI=1S/C45H91N2O7P/c1-3-5-7-9-11-13-15-17-18-19-20-21-22-23-24-25-26-28-30-32-34-36-42(48)40-45(50)47-43(41-54-55(51,52)53-39-38-46)44(49)37-35-33-31-29-27-16-14-12-10-8-6-4-2/h23-24,42-44,48-49H,3-22,25-41,46H2,1-2H3,(H,47,50)(H,51,52)/b24-23-. The van der Waals surface area contributed by atoms with Crippen LogP contribution >= 0.6 is 7.82 Å². The van der Waals surface area contributed by atoms with Gasteiger partial charge in [0, 0.05) is 6.54 Å². The highest BCUT2D eigenvalue weighted by molar-refractivity contribution is 7.47. The van der Waals surface area contributed by atoms with Crippen molar-refractivity contribution < 1.29 is 33.5 Å². The molecule has 4 atom stereocenters. The first-order valence-electron chi connectivity index (χ1n) is 23.4. The Morgan fingerprint density at radius 3 is 1.40 bits per heavy atom. The third kappa shape index (κ3) is 39.8. The Morgan fingerprint density at radius 1 is 0.600 bits per heavy atom. The van der Waals surface area contributed by atoms with Crippen molar-refractivity contribution in [2.45, 2.75) is 250 Å². The average Bonchev–Trinajstić information content (AvgIpc) is 3.16. The van der Waals surface area contributed by atoms with Gasteiger partial charge in [-0.05, 0) is 38.5 Å². The summed E-state index contributed by atoms with van der Waals surface area (Å²) in [4.78, 5) is 22.8. The Balaban J connectivity index is 4.14. The van der Waals surface area contributed by atoms with Crippen molar-refractivity contribution in [3.8, 4) is 0 Å². The van der Waals surface area contributed by atoms with E-state index in [0.717, 1.165) is 44.9 Å². The Morgan fingerprint density at radius 2 is 0.982 bits per heavy atom. The number of aliphatic hydroxyl groups excluding tert-OH is 2. The van der Waals surface area contributed by atoms with Gasteiger partial charge >= 0.3 is 7.82 Å². The minimum atomic E-state index is -4.37. The molecule has 0 heterocycles. The maximum absolute atomic E-state index is 12.8. The number of phosphoric ester groups is 1. The average molecular weight is 803 g/mol. The number of rotatable bonds is 44. The van der Waals surface area contributed by atoms with E-state index in [9.17, 15) is 24.5 Å². The molecule has 0 aromatic carbocycles. The fraction of sp³-hybridized carbons (Fsp3) is 0.933. The minimum absolute atomic E-state index is 0.0600. The molecule has 0 aromatic heterocycles. The number of unbranched alkanes of at least 4 members (excludes halogenated alkanes) is 28. The van der Waals surface area contributed by atoms with Crippen molar-refractivity contribution in [1.82, 2.24) is 5.32 Å². The summed E-state index contributed by atoms with van der Waals surface area (Å²) in [6.45, 7) is 4.05. The first-order chi connectivity index (χ1) is 26.8. The number of hydrogen-bond donors (Lipinski definition) is 5. The number of carbonyl (C=O) groups is 1. The quantitative estimate of drug-likeness (QED) is 0.0232. The molecular formula is C45H91N2O7P. The van der Waals surface area contributed by atoms with E-state index < -0.39 is 32.0 Å². The molecule has 4 unspecified atom stereocenters. The minimum Gasteiger partial charge on any atom is -0.393 e. The maximum atomic E-state index is 12.8. The molecule has 9 nitrogen and oxygen atoms in total. The first-order valence-corrected chi connectivity index (χ1v) is 24.9. The molecule has 328 valence electrons. The van der Waals surface area contributed by atoms with Crippen LogP contribution in [0.3, 0.4) is 0 Å².